The molecule has 0 amide bonds. The van der Waals surface area contributed by atoms with E-state index >= 15 is 0 Å². The van der Waals surface area contributed by atoms with Crippen molar-refractivity contribution in [1.82, 2.24) is 4.90 Å². The molecule has 1 aromatic rings. The summed E-state index contributed by atoms with van der Waals surface area (Å²) in [5.41, 5.74) is 1.32. The monoisotopic (exact) mass is 298 g/mol. The fourth-order valence-corrected chi connectivity index (χ4v) is 5.04. The SMILES string of the molecule is C=[SH+](SCCCN1CCOCC1)c1ccc(C)cc1. The molecular formula is C15H24NOS2+. The lowest BCUT2D eigenvalue weighted by molar-refractivity contribution is 0.0381. The average Bonchev–Trinajstić information content (AvgIpc) is 2.45. The Morgan fingerprint density at radius 3 is 2.63 bits per heavy atom. The van der Waals surface area contributed by atoms with Gasteiger partial charge in [0.15, 0.2) is 0 Å². The Hall–Kier alpha value is -0.290. The minimum Gasteiger partial charge on any atom is -0.379 e. The Morgan fingerprint density at radius 1 is 1.26 bits per heavy atom. The molecule has 1 saturated heterocycles. The molecule has 0 aliphatic carbocycles. The average molecular weight is 298 g/mol. The third-order valence-corrected chi connectivity index (χ3v) is 7.06. The molecule has 1 aliphatic heterocycles. The van der Waals surface area contributed by atoms with Gasteiger partial charge in [-0.05, 0) is 32.0 Å². The van der Waals surface area contributed by atoms with Crippen molar-refractivity contribution in [2.24, 2.45) is 0 Å². The number of aryl methyl sites for hydroxylation is 1. The van der Waals surface area contributed by atoms with Gasteiger partial charge in [0, 0.05) is 18.8 Å². The lowest BCUT2D eigenvalue weighted by Crippen LogP contribution is -2.36. The summed E-state index contributed by atoms with van der Waals surface area (Å²) in [7, 11) is 1.73. The highest BCUT2D eigenvalue weighted by atomic mass is 33.1. The molecule has 0 radical (unpaired) electrons. The molecule has 2 rings (SSSR count). The van der Waals surface area contributed by atoms with E-state index in [0.29, 0.717) is 0 Å². The Balaban J connectivity index is 1.64. The van der Waals surface area contributed by atoms with Gasteiger partial charge in [0.05, 0.1) is 29.9 Å². The molecule has 1 atom stereocenters. The number of morpholine rings is 1. The molecule has 1 aliphatic rings. The summed E-state index contributed by atoms with van der Waals surface area (Å²) in [6.45, 7) is 7.33. The van der Waals surface area contributed by atoms with Crippen molar-refractivity contribution >= 4 is 26.2 Å². The van der Waals surface area contributed by atoms with E-state index in [0.717, 1.165) is 26.3 Å². The zero-order chi connectivity index (χ0) is 13.5. The second kappa shape index (κ2) is 8.10. The van der Waals surface area contributed by atoms with E-state index in [2.05, 4.69) is 42.0 Å². The molecule has 0 spiro atoms. The number of ether oxygens (including phenoxy) is 1. The predicted octanol–water partition coefficient (Wildman–Crippen LogP) is 2.51. The van der Waals surface area contributed by atoms with Crippen molar-refractivity contribution < 1.29 is 4.74 Å². The van der Waals surface area contributed by atoms with Gasteiger partial charge in [-0.3, -0.25) is 4.90 Å². The highest BCUT2D eigenvalue weighted by Gasteiger charge is 2.10. The van der Waals surface area contributed by atoms with Crippen LogP contribution in [0.3, 0.4) is 0 Å². The van der Waals surface area contributed by atoms with Crippen LogP contribution in [0, 0.1) is 6.92 Å². The van der Waals surface area contributed by atoms with Crippen LogP contribution in [0.1, 0.15) is 12.0 Å². The van der Waals surface area contributed by atoms with Crippen LogP contribution in [0.25, 0.3) is 0 Å². The van der Waals surface area contributed by atoms with E-state index in [1.165, 1.54) is 29.2 Å². The lowest BCUT2D eigenvalue weighted by Gasteiger charge is -2.26. The standard InChI is InChI=1S/C15H23NOS2/c1-14-4-6-15(7-5-14)19(2)18-13-3-8-16-9-11-17-12-10-16/h4-7H,2-3,8-13H2,1H3/p+1. The highest BCUT2D eigenvalue weighted by Crippen LogP contribution is 2.19. The van der Waals surface area contributed by atoms with E-state index in [-0.39, 0.29) is 9.52 Å². The maximum absolute atomic E-state index is 5.36. The van der Waals surface area contributed by atoms with Crippen LogP contribution in [0.5, 0.6) is 0 Å². The Morgan fingerprint density at radius 2 is 1.95 bits per heavy atom. The number of benzene rings is 1. The third kappa shape index (κ3) is 5.30. The molecule has 1 heterocycles. The van der Waals surface area contributed by atoms with Gasteiger partial charge < -0.3 is 4.74 Å². The van der Waals surface area contributed by atoms with Gasteiger partial charge in [0.2, 0.25) is 0 Å². The molecule has 2 nitrogen and oxygen atoms in total. The van der Waals surface area contributed by atoms with E-state index in [9.17, 15) is 0 Å². The van der Waals surface area contributed by atoms with Crippen LogP contribution in [0.2, 0.25) is 0 Å². The van der Waals surface area contributed by atoms with Crippen molar-refractivity contribution in [3.8, 4) is 0 Å². The summed E-state index contributed by atoms with van der Waals surface area (Å²) in [4.78, 5) is 3.90. The van der Waals surface area contributed by atoms with Crippen molar-refractivity contribution in [2.45, 2.75) is 18.2 Å². The summed E-state index contributed by atoms with van der Waals surface area (Å²) in [5, 5.41) is 0. The fraction of sp³-hybridized carbons (Fsp3) is 0.533. The molecule has 0 bridgehead atoms. The van der Waals surface area contributed by atoms with Crippen LogP contribution in [0.4, 0.5) is 0 Å². The van der Waals surface area contributed by atoms with Crippen LogP contribution >= 0.6 is 10.8 Å². The molecule has 19 heavy (non-hydrogen) atoms. The van der Waals surface area contributed by atoms with Gasteiger partial charge in [0.25, 0.3) is 0 Å². The molecule has 0 aromatic heterocycles. The largest absolute Gasteiger partial charge is 0.379 e. The zero-order valence-electron chi connectivity index (χ0n) is 11.7. The molecule has 0 saturated carbocycles. The number of nitrogens with zero attached hydrogens (tertiary/aromatic N) is 1. The first-order chi connectivity index (χ1) is 9.25. The van der Waals surface area contributed by atoms with Gasteiger partial charge >= 0.3 is 0 Å². The minimum atomic E-state index is -0.294. The summed E-state index contributed by atoms with van der Waals surface area (Å²) >= 11 is 0. The molecular weight excluding hydrogens is 274 g/mol. The van der Waals surface area contributed by atoms with Crippen molar-refractivity contribution in [1.29, 1.82) is 0 Å². The van der Waals surface area contributed by atoms with Crippen LogP contribution in [0.15, 0.2) is 29.2 Å². The highest BCUT2D eigenvalue weighted by molar-refractivity contribution is 8.72. The molecule has 106 valence electrons. The second-order valence-corrected chi connectivity index (χ2v) is 8.89. The zero-order valence-corrected chi connectivity index (χ0v) is 13.4. The number of hydrogen-bond acceptors (Lipinski definition) is 3. The molecule has 1 unspecified atom stereocenters. The number of rotatable bonds is 6. The first-order valence-corrected chi connectivity index (χ1v) is 9.98. The van der Waals surface area contributed by atoms with Gasteiger partial charge in [0.1, 0.15) is 4.90 Å². The summed E-state index contributed by atoms with van der Waals surface area (Å²) in [6.07, 6.45) is 1.25. The molecule has 1 fully saturated rings. The summed E-state index contributed by atoms with van der Waals surface area (Å²) < 4.78 is 5.36. The van der Waals surface area contributed by atoms with Crippen molar-refractivity contribution in [3.05, 3.63) is 29.8 Å². The molecule has 0 N–H and O–H groups in total. The van der Waals surface area contributed by atoms with Crippen LogP contribution < -0.4 is 0 Å². The smallest absolute Gasteiger partial charge is 0.127 e. The first kappa shape index (κ1) is 15.1. The van der Waals surface area contributed by atoms with E-state index < -0.39 is 0 Å². The number of hydrogen-bond donors (Lipinski definition) is 0. The molecule has 4 heteroatoms. The van der Waals surface area contributed by atoms with E-state index in [1.54, 1.807) is 0 Å². The van der Waals surface area contributed by atoms with Crippen molar-refractivity contribution in [3.63, 3.8) is 0 Å². The quantitative estimate of drug-likeness (QED) is 0.263. The van der Waals surface area contributed by atoms with Crippen LogP contribution in [-0.2, 0) is 14.3 Å². The minimum absolute atomic E-state index is 0.294. The maximum Gasteiger partial charge on any atom is 0.127 e. The fourth-order valence-electron chi connectivity index (χ4n) is 2.07. The Kier molecular flexibility index (Phi) is 6.44. The summed E-state index contributed by atoms with van der Waals surface area (Å²) in [6, 6.07) is 8.82. The summed E-state index contributed by atoms with van der Waals surface area (Å²) in [5.74, 6) is 5.53. The Bertz CT molecular complexity index is 399. The Labute approximate surface area is 122 Å². The number of thiol groups is 1. The van der Waals surface area contributed by atoms with Crippen LogP contribution in [-0.4, -0.2) is 49.4 Å². The third-order valence-electron chi connectivity index (χ3n) is 3.29. The molecule has 1 aromatic carbocycles. The van der Waals surface area contributed by atoms with Gasteiger partial charge in [-0.15, -0.1) is 0 Å². The maximum atomic E-state index is 5.36. The van der Waals surface area contributed by atoms with Gasteiger partial charge in [-0.1, -0.05) is 27.2 Å². The van der Waals surface area contributed by atoms with E-state index in [4.69, 9.17) is 4.74 Å². The normalized spacial score (nSPS) is 18.4. The topological polar surface area (TPSA) is 12.5 Å². The first-order valence-electron chi connectivity index (χ1n) is 6.86. The van der Waals surface area contributed by atoms with Crippen molar-refractivity contribution in [2.75, 3.05) is 38.6 Å². The predicted molar refractivity (Wildman–Crippen MR) is 89.7 cm³/mol. The second-order valence-electron chi connectivity index (χ2n) is 4.85. The van der Waals surface area contributed by atoms with Gasteiger partial charge in [-0.25, -0.2) is 0 Å². The van der Waals surface area contributed by atoms with Gasteiger partial charge in [-0.2, -0.15) is 0 Å². The lowest BCUT2D eigenvalue weighted by atomic mass is 10.2. The van der Waals surface area contributed by atoms with E-state index in [1.807, 2.05) is 10.8 Å².